The van der Waals surface area contributed by atoms with Gasteiger partial charge in [-0.2, -0.15) is 0 Å². The first kappa shape index (κ1) is 16.6. The lowest BCUT2D eigenvalue weighted by Crippen LogP contribution is -2.28. The fraction of sp³-hybridized carbons (Fsp3) is 0.385. The molecule has 110 valence electrons. The number of aliphatic hydroxyl groups excluding tert-OH is 1. The largest absolute Gasteiger partial charge is 0.384 e. The molecule has 1 rings (SSSR count). The van der Waals surface area contributed by atoms with Gasteiger partial charge in [-0.25, -0.2) is 17.5 Å². The summed E-state index contributed by atoms with van der Waals surface area (Å²) in [6, 6.07) is 4.11. The van der Waals surface area contributed by atoms with Gasteiger partial charge in [0.05, 0.1) is 12.4 Å². The average molecular weight is 301 g/mol. The first-order valence-electron chi connectivity index (χ1n) is 5.83. The van der Waals surface area contributed by atoms with Crippen LogP contribution in [0.3, 0.4) is 0 Å². The lowest BCUT2D eigenvalue weighted by Gasteiger charge is -2.07. The number of halogens is 1. The molecule has 0 aliphatic carbocycles. The van der Waals surface area contributed by atoms with Gasteiger partial charge in [0.15, 0.2) is 0 Å². The molecule has 0 saturated carbocycles. The molecule has 1 aromatic rings. The lowest BCUT2D eigenvalue weighted by atomic mass is 10.1. The van der Waals surface area contributed by atoms with Crippen LogP contribution in [0.25, 0.3) is 0 Å². The number of ether oxygens (including phenoxy) is 1. The molecule has 5 nitrogen and oxygen atoms in total. The predicted molar refractivity (Wildman–Crippen MR) is 72.9 cm³/mol. The molecular formula is C13H16FNO4S. The van der Waals surface area contributed by atoms with Crippen LogP contribution in [-0.2, 0) is 21.3 Å². The Morgan fingerprint density at radius 2 is 2.20 bits per heavy atom. The fourth-order valence-electron chi connectivity index (χ4n) is 1.38. The summed E-state index contributed by atoms with van der Waals surface area (Å²) in [6.45, 7) is -0.386. The molecule has 0 amide bonds. The molecule has 0 aromatic heterocycles. The molecule has 0 unspecified atom stereocenters. The first-order chi connectivity index (χ1) is 9.48. The summed E-state index contributed by atoms with van der Waals surface area (Å²) in [7, 11) is -2.10. The molecular weight excluding hydrogens is 285 g/mol. The van der Waals surface area contributed by atoms with Crippen LogP contribution in [0.2, 0.25) is 0 Å². The summed E-state index contributed by atoms with van der Waals surface area (Å²) in [5.74, 6) is 4.36. The van der Waals surface area contributed by atoms with Gasteiger partial charge in [-0.15, -0.1) is 0 Å². The van der Waals surface area contributed by atoms with Crippen LogP contribution in [-0.4, -0.2) is 39.6 Å². The molecule has 0 radical (unpaired) electrons. The van der Waals surface area contributed by atoms with Crippen molar-refractivity contribution in [2.75, 3.05) is 26.1 Å². The zero-order valence-electron chi connectivity index (χ0n) is 11.0. The molecule has 7 heteroatoms. The van der Waals surface area contributed by atoms with Gasteiger partial charge in [0.2, 0.25) is 10.0 Å². The van der Waals surface area contributed by atoms with Gasteiger partial charge in [-0.3, -0.25) is 0 Å². The Kier molecular flexibility index (Phi) is 6.61. The maximum atomic E-state index is 13.6. The molecule has 0 heterocycles. The van der Waals surface area contributed by atoms with Crippen LogP contribution < -0.4 is 4.72 Å². The number of hydrogen-bond donors (Lipinski definition) is 2. The highest BCUT2D eigenvalue weighted by molar-refractivity contribution is 7.89. The minimum Gasteiger partial charge on any atom is -0.384 e. The van der Waals surface area contributed by atoms with E-state index in [2.05, 4.69) is 21.3 Å². The Morgan fingerprint density at radius 1 is 1.45 bits per heavy atom. The van der Waals surface area contributed by atoms with Gasteiger partial charge >= 0.3 is 0 Å². The van der Waals surface area contributed by atoms with E-state index in [0.717, 1.165) is 0 Å². The Bertz CT molecular complexity index is 605. The van der Waals surface area contributed by atoms with E-state index in [4.69, 9.17) is 5.11 Å². The average Bonchev–Trinajstić information content (AvgIpc) is 2.43. The minimum atomic E-state index is -3.51. The van der Waals surface area contributed by atoms with Crippen molar-refractivity contribution < 1.29 is 22.7 Å². The maximum Gasteiger partial charge on any atom is 0.214 e. The van der Waals surface area contributed by atoms with E-state index in [9.17, 15) is 12.8 Å². The number of nitrogens with one attached hydrogen (secondary N) is 1. The van der Waals surface area contributed by atoms with Gasteiger partial charge < -0.3 is 9.84 Å². The van der Waals surface area contributed by atoms with Crippen LogP contribution in [0, 0.1) is 17.7 Å². The molecule has 0 aliphatic heterocycles. The Labute approximate surface area is 117 Å². The van der Waals surface area contributed by atoms with Crippen molar-refractivity contribution in [3.05, 3.63) is 35.1 Å². The summed E-state index contributed by atoms with van der Waals surface area (Å²) in [6.07, 6.45) is 0. The van der Waals surface area contributed by atoms with Crippen LogP contribution in [0.4, 0.5) is 4.39 Å². The van der Waals surface area contributed by atoms with Crippen LogP contribution in [0.15, 0.2) is 18.2 Å². The zero-order valence-corrected chi connectivity index (χ0v) is 11.8. The van der Waals surface area contributed by atoms with Crippen molar-refractivity contribution in [2.24, 2.45) is 0 Å². The highest BCUT2D eigenvalue weighted by Crippen LogP contribution is 2.10. The molecule has 0 aliphatic rings. The zero-order chi connectivity index (χ0) is 15.0. The second-order valence-electron chi connectivity index (χ2n) is 3.90. The topological polar surface area (TPSA) is 75.6 Å². The van der Waals surface area contributed by atoms with Crippen molar-refractivity contribution in [3.63, 3.8) is 0 Å². The van der Waals surface area contributed by atoms with E-state index in [0.29, 0.717) is 5.56 Å². The third-order valence-corrected chi connectivity index (χ3v) is 3.68. The van der Waals surface area contributed by atoms with Crippen LogP contribution in [0.5, 0.6) is 0 Å². The third kappa shape index (κ3) is 5.67. The van der Waals surface area contributed by atoms with E-state index < -0.39 is 15.8 Å². The number of aliphatic hydroxyl groups is 1. The van der Waals surface area contributed by atoms with E-state index in [-0.39, 0.29) is 31.1 Å². The SMILES string of the molecule is COCCS(=O)(=O)NCc1cc(C#CCO)ccc1F. The second kappa shape index (κ2) is 7.97. The number of sulfonamides is 1. The van der Waals surface area contributed by atoms with E-state index in [1.54, 1.807) is 0 Å². The number of benzene rings is 1. The fourth-order valence-corrected chi connectivity index (χ4v) is 2.29. The van der Waals surface area contributed by atoms with Crippen LogP contribution in [0.1, 0.15) is 11.1 Å². The quantitative estimate of drug-likeness (QED) is 0.738. The highest BCUT2D eigenvalue weighted by Gasteiger charge is 2.11. The Morgan fingerprint density at radius 3 is 2.85 bits per heavy atom. The van der Waals surface area contributed by atoms with Crippen molar-refractivity contribution in [1.82, 2.24) is 4.72 Å². The summed E-state index contributed by atoms with van der Waals surface area (Å²) >= 11 is 0. The molecule has 0 bridgehead atoms. The summed E-state index contributed by atoms with van der Waals surface area (Å²) in [5.41, 5.74) is 0.697. The summed E-state index contributed by atoms with van der Waals surface area (Å²) in [5, 5.41) is 8.59. The number of hydrogen-bond acceptors (Lipinski definition) is 4. The van der Waals surface area contributed by atoms with Crippen molar-refractivity contribution in [3.8, 4) is 11.8 Å². The smallest absolute Gasteiger partial charge is 0.214 e. The minimum absolute atomic E-state index is 0.0693. The Hall–Kier alpha value is -1.46. The molecule has 20 heavy (non-hydrogen) atoms. The molecule has 2 N–H and O–H groups in total. The number of methoxy groups -OCH3 is 1. The summed E-state index contributed by atoms with van der Waals surface area (Å²) < 4.78 is 43.6. The van der Waals surface area contributed by atoms with Gasteiger partial charge in [-0.05, 0) is 18.2 Å². The lowest BCUT2D eigenvalue weighted by molar-refractivity contribution is 0.217. The van der Waals surface area contributed by atoms with Gasteiger partial charge in [0, 0.05) is 24.8 Å². The van der Waals surface area contributed by atoms with Gasteiger partial charge in [-0.1, -0.05) is 11.8 Å². The number of rotatable bonds is 6. The normalized spacial score (nSPS) is 10.9. The molecule has 1 aromatic carbocycles. The highest BCUT2D eigenvalue weighted by atomic mass is 32.2. The van der Waals surface area contributed by atoms with Crippen LogP contribution >= 0.6 is 0 Å². The Balaban J connectivity index is 2.77. The monoisotopic (exact) mass is 301 g/mol. The molecule has 0 atom stereocenters. The van der Waals surface area contributed by atoms with E-state index >= 15 is 0 Å². The summed E-state index contributed by atoms with van der Waals surface area (Å²) in [4.78, 5) is 0. The van der Waals surface area contributed by atoms with E-state index in [1.165, 1.54) is 25.3 Å². The third-order valence-electron chi connectivity index (χ3n) is 2.40. The molecule has 0 spiro atoms. The van der Waals surface area contributed by atoms with Crippen molar-refractivity contribution >= 4 is 10.0 Å². The molecule has 0 fully saturated rings. The molecule has 0 saturated heterocycles. The van der Waals surface area contributed by atoms with Crippen molar-refractivity contribution in [1.29, 1.82) is 0 Å². The van der Waals surface area contributed by atoms with Gasteiger partial charge in [0.25, 0.3) is 0 Å². The first-order valence-corrected chi connectivity index (χ1v) is 7.48. The van der Waals surface area contributed by atoms with E-state index in [1.807, 2.05) is 0 Å². The van der Waals surface area contributed by atoms with Crippen molar-refractivity contribution in [2.45, 2.75) is 6.54 Å². The predicted octanol–water partition coefficient (Wildman–Crippen LogP) is 0.235. The van der Waals surface area contributed by atoms with Gasteiger partial charge in [0.1, 0.15) is 12.4 Å². The second-order valence-corrected chi connectivity index (χ2v) is 5.83. The standard InChI is InChI=1S/C13H16FNO4S/c1-19-7-8-20(17,18)15-10-12-9-11(3-2-6-16)4-5-13(12)14/h4-5,9,15-16H,6-8,10H2,1H3. The maximum absolute atomic E-state index is 13.6.